The molecule has 2 N–H and O–H groups in total. The van der Waals surface area contributed by atoms with Crippen LogP contribution in [0.4, 0.5) is 4.79 Å². The number of carbonyl (C=O) groups is 1. The number of ether oxygens (including phenoxy) is 1. The van der Waals surface area contributed by atoms with E-state index in [1.165, 1.54) is 0 Å². The molecule has 0 unspecified atom stereocenters. The van der Waals surface area contributed by atoms with E-state index < -0.39 is 33.1 Å². The number of alkyl carbamates (subject to hydrolysis) is 1. The fourth-order valence-electron chi connectivity index (χ4n) is 3.49. The van der Waals surface area contributed by atoms with Gasteiger partial charge >= 0.3 is 6.09 Å². The average molecular weight is 444 g/mol. The van der Waals surface area contributed by atoms with Crippen LogP contribution in [0.25, 0.3) is 0 Å². The Kier molecular flexibility index (Phi) is 8.46. The van der Waals surface area contributed by atoms with Crippen LogP contribution in [0.3, 0.4) is 0 Å². The Hall–Kier alpha value is -2.15. The van der Waals surface area contributed by atoms with Crippen LogP contribution in [-0.4, -0.2) is 39.2 Å². The summed E-state index contributed by atoms with van der Waals surface area (Å²) in [5.41, 5.74) is 0.304. The van der Waals surface area contributed by atoms with Gasteiger partial charge in [0, 0.05) is 6.61 Å². The average Bonchev–Trinajstić information content (AvgIpc) is 2.68. The first kappa shape index (κ1) is 25.1. The number of aliphatic hydroxyl groups is 1. The second kappa shape index (κ2) is 10.4. The standard InChI is InChI=1S/C25H37NO4Si/c1-23(2,3)29-22(28)26-21(17-18-27)25(30-31-24(4,5)6,19-13-9-7-10-14-19)20-15-11-8-12-16-20/h7-16,21,27H,17-18,31H2,1-6H3,(H,26,28)/t21-/m0/s1. The molecule has 2 aromatic rings. The Morgan fingerprint density at radius 1 is 0.935 bits per heavy atom. The minimum absolute atomic E-state index is 0.0322. The smallest absolute Gasteiger partial charge is 0.407 e. The summed E-state index contributed by atoms with van der Waals surface area (Å²) in [4.78, 5) is 12.8. The number of amides is 1. The lowest BCUT2D eigenvalue weighted by Gasteiger charge is -2.44. The van der Waals surface area contributed by atoms with E-state index in [2.05, 4.69) is 26.1 Å². The third-order valence-corrected chi connectivity index (χ3v) is 6.20. The highest BCUT2D eigenvalue weighted by Crippen LogP contribution is 2.40. The van der Waals surface area contributed by atoms with Crippen LogP contribution in [0, 0.1) is 0 Å². The highest BCUT2D eigenvalue weighted by Gasteiger charge is 2.44. The van der Waals surface area contributed by atoms with Crippen molar-refractivity contribution < 1.29 is 19.1 Å². The molecule has 0 saturated heterocycles. The molecule has 0 bridgehead atoms. The highest BCUT2D eigenvalue weighted by molar-refractivity contribution is 6.32. The molecule has 0 aliphatic heterocycles. The van der Waals surface area contributed by atoms with E-state index >= 15 is 0 Å². The molecule has 5 nitrogen and oxygen atoms in total. The van der Waals surface area contributed by atoms with Crippen LogP contribution >= 0.6 is 0 Å². The predicted octanol–water partition coefficient (Wildman–Crippen LogP) is 4.52. The van der Waals surface area contributed by atoms with E-state index in [-0.39, 0.29) is 11.6 Å². The van der Waals surface area contributed by atoms with Crippen molar-refractivity contribution >= 4 is 15.9 Å². The maximum atomic E-state index is 12.8. The van der Waals surface area contributed by atoms with Gasteiger partial charge in [-0.2, -0.15) is 0 Å². The van der Waals surface area contributed by atoms with Crippen molar-refractivity contribution in [1.29, 1.82) is 0 Å². The topological polar surface area (TPSA) is 67.8 Å². The van der Waals surface area contributed by atoms with Gasteiger partial charge in [0.05, 0.1) is 6.04 Å². The van der Waals surface area contributed by atoms with Gasteiger partial charge in [-0.25, -0.2) is 4.79 Å². The number of carbonyl (C=O) groups excluding carboxylic acids is 1. The van der Waals surface area contributed by atoms with Crippen LogP contribution in [0.2, 0.25) is 5.04 Å². The Balaban J connectivity index is 2.64. The molecule has 0 saturated carbocycles. The van der Waals surface area contributed by atoms with Gasteiger partial charge in [0.2, 0.25) is 0 Å². The third-order valence-electron chi connectivity index (χ3n) is 4.74. The monoisotopic (exact) mass is 443 g/mol. The van der Waals surface area contributed by atoms with Crippen molar-refractivity contribution in [2.75, 3.05) is 6.61 Å². The maximum absolute atomic E-state index is 12.8. The fourth-order valence-corrected chi connectivity index (χ4v) is 4.69. The molecule has 2 rings (SSSR count). The van der Waals surface area contributed by atoms with E-state index in [0.717, 1.165) is 11.1 Å². The Labute approximate surface area is 189 Å². The molecule has 1 atom stereocenters. The van der Waals surface area contributed by atoms with E-state index in [4.69, 9.17) is 9.16 Å². The SMILES string of the molecule is CC(C)(C)OC(=O)N[C@@H](CCO)C(O[SiH2]C(C)(C)C)(c1ccccc1)c1ccccc1. The number of rotatable bonds is 8. The molecule has 170 valence electrons. The molecular weight excluding hydrogens is 406 g/mol. The van der Waals surface area contributed by atoms with E-state index in [1.54, 1.807) is 0 Å². The molecule has 0 spiro atoms. The van der Waals surface area contributed by atoms with Gasteiger partial charge < -0.3 is 19.6 Å². The molecule has 1 amide bonds. The number of nitrogens with one attached hydrogen (secondary N) is 1. The summed E-state index contributed by atoms with van der Waals surface area (Å²) < 4.78 is 12.4. The molecule has 0 aliphatic carbocycles. The number of hydrogen-bond donors (Lipinski definition) is 2. The van der Waals surface area contributed by atoms with Gasteiger partial charge in [-0.3, -0.25) is 0 Å². The first-order chi connectivity index (χ1) is 14.5. The zero-order chi connectivity index (χ0) is 23.1. The summed E-state index contributed by atoms with van der Waals surface area (Å²) in [7, 11) is -1.04. The van der Waals surface area contributed by atoms with Crippen LogP contribution in [0.5, 0.6) is 0 Å². The third kappa shape index (κ3) is 7.20. The van der Waals surface area contributed by atoms with Crippen molar-refractivity contribution in [3.63, 3.8) is 0 Å². The van der Waals surface area contributed by atoms with Gasteiger partial charge in [-0.15, -0.1) is 0 Å². The zero-order valence-corrected chi connectivity index (χ0v) is 21.1. The second-order valence-corrected chi connectivity index (χ2v) is 12.7. The van der Waals surface area contributed by atoms with Gasteiger partial charge in [-0.05, 0) is 43.4 Å². The molecule has 0 heterocycles. The lowest BCUT2D eigenvalue weighted by atomic mass is 9.79. The molecule has 0 aliphatic rings. The van der Waals surface area contributed by atoms with E-state index in [9.17, 15) is 9.90 Å². The van der Waals surface area contributed by atoms with E-state index in [1.807, 2.05) is 81.4 Å². The van der Waals surface area contributed by atoms with Gasteiger partial charge in [0.15, 0.2) is 9.76 Å². The van der Waals surface area contributed by atoms with Crippen molar-refractivity contribution in [3.05, 3.63) is 71.8 Å². The lowest BCUT2D eigenvalue weighted by molar-refractivity contribution is 0.0237. The molecule has 0 aromatic heterocycles. The van der Waals surface area contributed by atoms with Crippen LogP contribution in [0.1, 0.15) is 59.1 Å². The predicted molar refractivity (Wildman–Crippen MR) is 128 cm³/mol. The van der Waals surface area contributed by atoms with Crippen molar-refractivity contribution in [2.45, 2.75) is 70.2 Å². The second-order valence-electron chi connectivity index (χ2n) is 10.0. The molecule has 2 aromatic carbocycles. The molecular formula is C25H37NO4Si. The van der Waals surface area contributed by atoms with Crippen molar-refractivity contribution in [2.24, 2.45) is 0 Å². The minimum Gasteiger partial charge on any atom is -0.444 e. The minimum atomic E-state index is -1.04. The fraction of sp³-hybridized carbons (Fsp3) is 0.480. The number of benzene rings is 2. The normalized spacial score (nSPS) is 13.9. The quantitative estimate of drug-likeness (QED) is 0.589. The van der Waals surface area contributed by atoms with Crippen LogP contribution < -0.4 is 5.32 Å². The van der Waals surface area contributed by atoms with Crippen molar-refractivity contribution in [3.8, 4) is 0 Å². The Morgan fingerprint density at radius 3 is 1.81 bits per heavy atom. The maximum Gasteiger partial charge on any atom is 0.407 e. The summed E-state index contributed by atoms with van der Waals surface area (Å²) in [6, 6.07) is 19.4. The number of hydrogen-bond acceptors (Lipinski definition) is 4. The molecule has 31 heavy (non-hydrogen) atoms. The lowest BCUT2D eigenvalue weighted by Crippen LogP contribution is -2.55. The Bertz CT molecular complexity index is 773. The first-order valence-corrected chi connectivity index (χ1v) is 12.1. The van der Waals surface area contributed by atoms with Gasteiger partial charge in [0.25, 0.3) is 0 Å². The van der Waals surface area contributed by atoms with Crippen LogP contribution in [0.15, 0.2) is 60.7 Å². The highest BCUT2D eigenvalue weighted by atomic mass is 28.2. The summed E-state index contributed by atoms with van der Waals surface area (Å²) in [6.07, 6.45) is -0.204. The summed E-state index contributed by atoms with van der Waals surface area (Å²) in [5, 5.41) is 13.0. The zero-order valence-electron chi connectivity index (χ0n) is 19.6. The Morgan fingerprint density at radius 2 is 1.42 bits per heavy atom. The number of aliphatic hydroxyl groups excluding tert-OH is 1. The summed E-state index contributed by atoms with van der Waals surface area (Å²) in [5.74, 6) is 0. The van der Waals surface area contributed by atoms with Gasteiger partial charge in [0.1, 0.15) is 11.2 Å². The van der Waals surface area contributed by atoms with Crippen LogP contribution in [-0.2, 0) is 14.8 Å². The van der Waals surface area contributed by atoms with Crippen molar-refractivity contribution in [1.82, 2.24) is 5.32 Å². The summed E-state index contributed by atoms with van der Waals surface area (Å²) in [6.45, 7) is 11.9. The first-order valence-electron chi connectivity index (χ1n) is 10.8. The van der Waals surface area contributed by atoms with Gasteiger partial charge in [-0.1, -0.05) is 81.4 Å². The molecule has 6 heteroatoms. The summed E-state index contributed by atoms with van der Waals surface area (Å²) >= 11 is 0. The van der Waals surface area contributed by atoms with E-state index in [0.29, 0.717) is 6.42 Å². The molecule has 0 fully saturated rings. The largest absolute Gasteiger partial charge is 0.444 e. The molecule has 0 radical (unpaired) electrons.